The fourth-order valence-corrected chi connectivity index (χ4v) is 4.72. The number of aromatic nitrogens is 1. The number of nitrogens with zero attached hydrogens (tertiary/aromatic N) is 1. The Morgan fingerprint density at radius 3 is 2.31 bits per heavy atom. The van der Waals surface area contributed by atoms with Gasteiger partial charge >= 0.3 is 0 Å². The molecular formula is C25H26N2O4S. The maximum Gasteiger partial charge on any atom is 0.236 e. The van der Waals surface area contributed by atoms with Gasteiger partial charge in [0.15, 0.2) is 11.1 Å². The Hall–Kier alpha value is -3.03. The Kier molecular flexibility index (Phi) is 6.67. The molecule has 1 heterocycles. The summed E-state index contributed by atoms with van der Waals surface area (Å²) in [6.45, 7) is 0. The lowest BCUT2D eigenvalue weighted by atomic mass is 9.68. The van der Waals surface area contributed by atoms with Crippen LogP contribution in [0.3, 0.4) is 0 Å². The number of carbonyl (C=O) groups excluding carboxylic acids is 1. The first-order chi connectivity index (χ1) is 15.5. The summed E-state index contributed by atoms with van der Waals surface area (Å²) in [6.07, 6.45) is 4.74. The van der Waals surface area contributed by atoms with Gasteiger partial charge in [0.1, 0.15) is 11.6 Å². The molecule has 1 aliphatic rings. The van der Waals surface area contributed by atoms with Crippen molar-refractivity contribution >= 4 is 22.8 Å². The van der Waals surface area contributed by atoms with Crippen molar-refractivity contribution in [3.8, 4) is 17.0 Å². The van der Waals surface area contributed by atoms with Gasteiger partial charge in [-0.3, -0.25) is 4.79 Å². The summed E-state index contributed by atoms with van der Waals surface area (Å²) >= 11 is -2.02. The number of carbonyl (C=O) groups is 1. The summed E-state index contributed by atoms with van der Waals surface area (Å²) in [5.74, 6) is 1.21. The average Bonchev–Trinajstić information content (AvgIpc) is 2.84. The van der Waals surface area contributed by atoms with Crippen molar-refractivity contribution in [1.29, 1.82) is 0 Å². The normalized spacial score (nSPS) is 16.2. The minimum absolute atomic E-state index is 0.0435. The van der Waals surface area contributed by atoms with E-state index in [1.807, 2.05) is 36.4 Å². The molecule has 0 radical (unpaired) electrons. The van der Waals surface area contributed by atoms with Crippen LogP contribution in [-0.4, -0.2) is 26.8 Å². The summed E-state index contributed by atoms with van der Waals surface area (Å²) in [5.41, 5.74) is 1.90. The van der Waals surface area contributed by atoms with Gasteiger partial charge < -0.3 is 14.6 Å². The molecule has 1 fully saturated rings. The lowest BCUT2D eigenvalue weighted by Crippen LogP contribution is -2.42. The molecule has 7 heteroatoms. The van der Waals surface area contributed by atoms with E-state index < -0.39 is 16.5 Å². The van der Waals surface area contributed by atoms with E-state index in [1.54, 1.807) is 37.4 Å². The molecule has 0 aliphatic heterocycles. The number of ether oxygens (including phenoxy) is 1. The zero-order valence-corrected chi connectivity index (χ0v) is 18.7. The lowest BCUT2D eigenvalue weighted by molar-refractivity contribution is -0.122. The summed E-state index contributed by atoms with van der Waals surface area (Å²) < 4.78 is 25.7. The Morgan fingerprint density at radius 1 is 1.00 bits per heavy atom. The molecule has 1 amide bonds. The van der Waals surface area contributed by atoms with Crippen LogP contribution >= 0.6 is 0 Å². The molecule has 4 rings (SSSR count). The molecule has 0 bridgehead atoms. The smallest absolute Gasteiger partial charge is 0.236 e. The third kappa shape index (κ3) is 4.59. The Bertz CT molecular complexity index is 1110. The predicted octanol–water partition coefficient (Wildman–Crippen LogP) is 5.18. The summed E-state index contributed by atoms with van der Waals surface area (Å²) in [7, 11) is 1.63. The molecule has 1 saturated carbocycles. The van der Waals surface area contributed by atoms with Gasteiger partial charge in [0, 0.05) is 5.56 Å². The summed E-state index contributed by atoms with van der Waals surface area (Å²) in [4.78, 5) is 18.5. The van der Waals surface area contributed by atoms with Crippen LogP contribution in [0.4, 0.5) is 5.82 Å². The highest BCUT2D eigenvalue weighted by atomic mass is 32.2. The minimum Gasteiger partial charge on any atom is -0.497 e. The predicted molar refractivity (Wildman–Crippen MR) is 125 cm³/mol. The van der Waals surface area contributed by atoms with Crippen molar-refractivity contribution < 1.29 is 18.3 Å². The van der Waals surface area contributed by atoms with Crippen molar-refractivity contribution in [2.24, 2.45) is 0 Å². The SMILES string of the molecule is COc1ccc(C2(C(=O)Nc3cccc(-c4ccc(S(=O)O)cc4)n3)CCCCC2)cc1. The second-order valence-corrected chi connectivity index (χ2v) is 8.98. The van der Waals surface area contributed by atoms with Crippen LogP contribution in [0.5, 0.6) is 5.75 Å². The van der Waals surface area contributed by atoms with E-state index in [2.05, 4.69) is 10.3 Å². The van der Waals surface area contributed by atoms with Crippen LogP contribution in [0.1, 0.15) is 37.7 Å². The largest absolute Gasteiger partial charge is 0.497 e. The van der Waals surface area contributed by atoms with E-state index in [0.717, 1.165) is 49.0 Å². The van der Waals surface area contributed by atoms with E-state index in [4.69, 9.17) is 4.74 Å². The molecule has 2 aromatic carbocycles. The average molecular weight is 451 g/mol. The monoisotopic (exact) mass is 450 g/mol. The van der Waals surface area contributed by atoms with E-state index in [9.17, 15) is 13.6 Å². The second-order valence-electron chi connectivity index (χ2n) is 8.01. The van der Waals surface area contributed by atoms with Crippen LogP contribution in [0.25, 0.3) is 11.3 Å². The molecule has 166 valence electrons. The van der Waals surface area contributed by atoms with Crippen LogP contribution in [0, 0.1) is 0 Å². The van der Waals surface area contributed by atoms with E-state index >= 15 is 0 Å². The molecule has 0 saturated heterocycles. The summed E-state index contributed by atoms with van der Waals surface area (Å²) in [6, 6.07) is 19.9. The van der Waals surface area contributed by atoms with Crippen LogP contribution in [0.15, 0.2) is 71.6 Å². The second kappa shape index (κ2) is 9.63. The van der Waals surface area contributed by atoms with Gasteiger partial charge in [-0.25, -0.2) is 9.19 Å². The first kappa shape index (κ1) is 22.2. The third-order valence-corrected chi connectivity index (χ3v) is 6.80. The number of amides is 1. The molecule has 32 heavy (non-hydrogen) atoms. The highest BCUT2D eigenvalue weighted by Crippen LogP contribution is 2.41. The zero-order valence-electron chi connectivity index (χ0n) is 17.9. The standard InChI is InChI=1S/C25H26N2O4S/c1-31-20-12-10-19(11-13-20)25(16-3-2-4-17-25)24(28)27-23-7-5-6-22(26-23)18-8-14-21(15-9-18)32(29)30/h5-15H,2-4,16-17H2,1H3,(H,29,30)(H,26,27,28). The molecule has 3 aromatic rings. The van der Waals surface area contributed by atoms with Gasteiger partial charge in [-0.15, -0.1) is 0 Å². The van der Waals surface area contributed by atoms with Crippen LogP contribution in [0.2, 0.25) is 0 Å². The molecular weight excluding hydrogens is 424 g/mol. The molecule has 6 nitrogen and oxygen atoms in total. The number of anilines is 1. The van der Waals surface area contributed by atoms with Crippen molar-refractivity contribution in [2.45, 2.75) is 42.4 Å². The molecule has 1 unspecified atom stereocenters. The number of benzene rings is 2. The zero-order chi connectivity index (χ0) is 22.6. The fraction of sp³-hybridized carbons (Fsp3) is 0.280. The van der Waals surface area contributed by atoms with Crippen molar-refractivity contribution in [3.63, 3.8) is 0 Å². The number of hydrogen-bond donors (Lipinski definition) is 2. The molecule has 1 atom stereocenters. The molecule has 1 aromatic heterocycles. The van der Waals surface area contributed by atoms with Gasteiger partial charge in [0.05, 0.1) is 23.1 Å². The first-order valence-corrected chi connectivity index (χ1v) is 11.8. The Morgan fingerprint density at radius 2 is 1.69 bits per heavy atom. The first-order valence-electron chi connectivity index (χ1n) is 10.7. The third-order valence-electron chi connectivity index (χ3n) is 6.13. The van der Waals surface area contributed by atoms with E-state index in [0.29, 0.717) is 16.4 Å². The summed E-state index contributed by atoms with van der Waals surface area (Å²) in [5, 5.41) is 3.05. The van der Waals surface area contributed by atoms with Gasteiger partial charge in [-0.1, -0.05) is 49.6 Å². The van der Waals surface area contributed by atoms with Gasteiger partial charge in [-0.05, 0) is 54.8 Å². The topological polar surface area (TPSA) is 88.5 Å². The highest BCUT2D eigenvalue weighted by Gasteiger charge is 2.41. The fourth-order valence-electron chi connectivity index (χ4n) is 4.36. The molecule has 1 aliphatic carbocycles. The van der Waals surface area contributed by atoms with E-state index in [1.165, 1.54) is 0 Å². The van der Waals surface area contributed by atoms with Crippen LogP contribution in [-0.2, 0) is 21.3 Å². The van der Waals surface area contributed by atoms with E-state index in [-0.39, 0.29) is 5.91 Å². The van der Waals surface area contributed by atoms with Crippen molar-refractivity contribution in [1.82, 2.24) is 4.98 Å². The van der Waals surface area contributed by atoms with Crippen molar-refractivity contribution in [2.75, 3.05) is 12.4 Å². The number of rotatable bonds is 6. The van der Waals surface area contributed by atoms with Gasteiger partial charge in [-0.2, -0.15) is 0 Å². The molecule has 2 N–H and O–H groups in total. The highest BCUT2D eigenvalue weighted by molar-refractivity contribution is 7.79. The number of methoxy groups -OCH3 is 1. The maximum absolute atomic E-state index is 13.6. The number of hydrogen-bond acceptors (Lipinski definition) is 4. The maximum atomic E-state index is 13.6. The Labute approximate surface area is 190 Å². The lowest BCUT2D eigenvalue weighted by Gasteiger charge is -2.36. The molecule has 0 spiro atoms. The number of pyridine rings is 1. The quantitative estimate of drug-likeness (QED) is 0.505. The van der Waals surface area contributed by atoms with Crippen LogP contribution < -0.4 is 10.1 Å². The minimum atomic E-state index is -2.02. The van der Waals surface area contributed by atoms with Crippen molar-refractivity contribution in [3.05, 3.63) is 72.3 Å². The number of nitrogens with one attached hydrogen (secondary N) is 1. The van der Waals surface area contributed by atoms with Gasteiger partial charge in [0.25, 0.3) is 0 Å². The Balaban J connectivity index is 1.59. The van der Waals surface area contributed by atoms with Gasteiger partial charge in [0.2, 0.25) is 5.91 Å².